The Bertz CT molecular complexity index is 1260. The van der Waals surface area contributed by atoms with Gasteiger partial charge in [-0.15, -0.1) is 0 Å². The number of rotatable bonds is 5. The number of hydrogen-bond donors (Lipinski definition) is 1. The summed E-state index contributed by atoms with van der Waals surface area (Å²) in [6.45, 7) is 2.05. The van der Waals surface area contributed by atoms with Crippen molar-refractivity contribution in [1.82, 2.24) is 9.62 Å². The topological polar surface area (TPSA) is 66.5 Å². The van der Waals surface area contributed by atoms with Crippen LogP contribution >= 0.6 is 0 Å². The van der Waals surface area contributed by atoms with Crippen molar-refractivity contribution in [2.75, 3.05) is 13.1 Å². The van der Waals surface area contributed by atoms with Crippen LogP contribution in [-0.2, 0) is 14.8 Å². The van der Waals surface area contributed by atoms with E-state index in [1.807, 2.05) is 49.4 Å². The predicted octanol–water partition coefficient (Wildman–Crippen LogP) is 4.40. The summed E-state index contributed by atoms with van der Waals surface area (Å²) < 4.78 is 54.0. The third-order valence-corrected chi connectivity index (χ3v) is 7.88. The molecule has 1 amide bonds. The lowest BCUT2D eigenvalue weighted by atomic mass is 9.96. The number of nitrogens with zero attached hydrogens (tertiary/aromatic N) is 1. The predicted molar refractivity (Wildman–Crippen MR) is 118 cm³/mol. The lowest BCUT2D eigenvalue weighted by Crippen LogP contribution is -2.43. The van der Waals surface area contributed by atoms with E-state index in [-0.39, 0.29) is 31.0 Å². The number of nitrogens with one attached hydrogen (secondary N) is 1. The van der Waals surface area contributed by atoms with Crippen molar-refractivity contribution in [1.29, 1.82) is 0 Å². The minimum Gasteiger partial charge on any atom is -0.349 e. The first-order valence-electron chi connectivity index (χ1n) is 10.5. The highest BCUT2D eigenvalue weighted by atomic mass is 32.2. The molecule has 0 saturated carbocycles. The fraction of sp³-hybridized carbons (Fsp3) is 0.292. The highest BCUT2D eigenvalue weighted by Crippen LogP contribution is 2.27. The summed E-state index contributed by atoms with van der Waals surface area (Å²) >= 11 is 0. The van der Waals surface area contributed by atoms with Crippen LogP contribution in [0.3, 0.4) is 0 Å². The molecule has 32 heavy (non-hydrogen) atoms. The monoisotopic (exact) mass is 458 g/mol. The van der Waals surface area contributed by atoms with E-state index in [0.29, 0.717) is 18.9 Å². The quantitative estimate of drug-likeness (QED) is 0.617. The van der Waals surface area contributed by atoms with Crippen molar-refractivity contribution in [2.24, 2.45) is 5.92 Å². The molecule has 0 spiro atoms. The molecular weight excluding hydrogens is 434 g/mol. The van der Waals surface area contributed by atoms with E-state index in [2.05, 4.69) is 5.32 Å². The van der Waals surface area contributed by atoms with Crippen molar-refractivity contribution in [3.63, 3.8) is 0 Å². The lowest BCUT2D eigenvalue weighted by molar-refractivity contribution is -0.126. The third kappa shape index (κ3) is 4.52. The molecule has 3 aromatic carbocycles. The van der Waals surface area contributed by atoms with Crippen LogP contribution in [0.1, 0.15) is 31.4 Å². The number of piperidine rings is 1. The van der Waals surface area contributed by atoms with E-state index in [9.17, 15) is 22.0 Å². The van der Waals surface area contributed by atoms with Gasteiger partial charge in [0, 0.05) is 19.0 Å². The summed E-state index contributed by atoms with van der Waals surface area (Å²) in [6.07, 6.45) is 0.624. The molecule has 4 rings (SSSR count). The van der Waals surface area contributed by atoms with Gasteiger partial charge in [0.2, 0.25) is 15.9 Å². The Morgan fingerprint density at radius 1 is 1.00 bits per heavy atom. The maximum atomic E-state index is 14.0. The van der Waals surface area contributed by atoms with Crippen LogP contribution in [0.5, 0.6) is 0 Å². The summed E-state index contributed by atoms with van der Waals surface area (Å²) in [5.74, 6) is -2.29. The first-order valence-corrected chi connectivity index (χ1v) is 11.9. The fourth-order valence-electron chi connectivity index (χ4n) is 4.06. The van der Waals surface area contributed by atoms with E-state index in [1.54, 1.807) is 0 Å². The number of carbonyl (C=O) groups is 1. The van der Waals surface area contributed by atoms with E-state index >= 15 is 0 Å². The highest BCUT2D eigenvalue weighted by molar-refractivity contribution is 7.89. The summed E-state index contributed by atoms with van der Waals surface area (Å²) in [4.78, 5) is 12.1. The van der Waals surface area contributed by atoms with Crippen molar-refractivity contribution in [3.8, 4) is 0 Å². The van der Waals surface area contributed by atoms with Gasteiger partial charge in [-0.05, 0) is 60.4 Å². The van der Waals surface area contributed by atoms with E-state index < -0.39 is 26.6 Å². The maximum absolute atomic E-state index is 14.0. The largest absolute Gasteiger partial charge is 0.349 e. The number of fused-ring (bicyclic) bond motifs is 1. The molecule has 0 radical (unpaired) electrons. The molecule has 1 heterocycles. The number of benzene rings is 3. The molecular formula is C24H24F2N2O3S. The van der Waals surface area contributed by atoms with Gasteiger partial charge in [0.05, 0.1) is 6.04 Å². The Morgan fingerprint density at radius 2 is 1.69 bits per heavy atom. The van der Waals surface area contributed by atoms with E-state index in [0.717, 1.165) is 32.8 Å². The number of halogens is 2. The molecule has 1 aliphatic rings. The first-order chi connectivity index (χ1) is 15.3. The lowest BCUT2D eigenvalue weighted by Gasteiger charge is -2.31. The zero-order chi connectivity index (χ0) is 22.9. The first kappa shape index (κ1) is 22.4. The van der Waals surface area contributed by atoms with Crippen LogP contribution < -0.4 is 5.32 Å². The Kier molecular flexibility index (Phi) is 6.26. The van der Waals surface area contributed by atoms with Gasteiger partial charge in [-0.2, -0.15) is 4.31 Å². The molecule has 168 valence electrons. The minimum absolute atomic E-state index is 0.0702. The maximum Gasteiger partial charge on any atom is 0.246 e. The van der Waals surface area contributed by atoms with Crippen molar-refractivity contribution < 1.29 is 22.0 Å². The molecule has 0 aliphatic carbocycles. The van der Waals surface area contributed by atoms with Gasteiger partial charge >= 0.3 is 0 Å². The van der Waals surface area contributed by atoms with Crippen LogP contribution in [0.25, 0.3) is 10.8 Å². The molecule has 1 fully saturated rings. The molecule has 3 aromatic rings. The second-order valence-corrected chi connectivity index (χ2v) is 10.00. The molecule has 1 N–H and O–H groups in total. The smallest absolute Gasteiger partial charge is 0.246 e. The molecule has 8 heteroatoms. The molecule has 1 aliphatic heterocycles. The molecule has 0 unspecified atom stereocenters. The Morgan fingerprint density at radius 3 is 2.41 bits per heavy atom. The van der Waals surface area contributed by atoms with Gasteiger partial charge in [0.25, 0.3) is 0 Å². The second-order valence-electron chi connectivity index (χ2n) is 8.09. The number of carbonyl (C=O) groups excluding carboxylic acids is 1. The molecule has 5 nitrogen and oxygen atoms in total. The van der Waals surface area contributed by atoms with Crippen LogP contribution in [-0.4, -0.2) is 31.7 Å². The van der Waals surface area contributed by atoms with Crippen LogP contribution in [0.15, 0.2) is 65.6 Å². The van der Waals surface area contributed by atoms with Gasteiger partial charge in [-0.25, -0.2) is 17.2 Å². The average Bonchev–Trinajstić information content (AvgIpc) is 2.80. The third-order valence-electron chi connectivity index (χ3n) is 5.97. The zero-order valence-corrected chi connectivity index (χ0v) is 18.4. The second kappa shape index (κ2) is 8.96. The zero-order valence-electron chi connectivity index (χ0n) is 17.6. The molecule has 0 bridgehead atoms. The summed E-state index contributed by atoms with van der Waals surface area (Å²) in [5, 5.41) is 5.23. The Labute approximate surface area is 186 Å². The van der Waals surface area contributed by atoms with Gasteiger partial charge in [0.15, 0.2) is 0 Å². The fourth-order valence-corrected chi connectivity index (χ4v) is 5.61. The van der Waals surface area contributed by atoms with Gasteiger partial charge in [-0.1, -0.05) is 36.4 Å². The Balaban J connectivity index is 1.39. The van der Waals surface area contributed by atoms with Gasteiger partial charge < -0.3 is 5.32 Å². The van der Waals surface area contributed by atoms with Crippen molar-refractivity contribution in [2.45, 2.75) is 30.7 Å². The van der Waals surface area contributed by atoms with Crippen LogP contribution in [0, 0.1) is 17.6 Å². The standard InChI is InChI=1S/C24H24F2N2O3S/c1-16(19-7-6-17-4-2-3-5-20(17)14-19)27-24(29)18-10-12-28(13-11-18)32(30,31)23-15-21(25)8-9-22(23)26/h2-9,14-16,18H,10-13H2,1H3,(H,27,29)/t16-/m0/s1. The van der Waals surface area contributed by atoms with Crippen molar-refractivity contribution in [3.05, 3.63) is 77.9 Å². The summed E-state index contributed by atoms with van der Waals surface area (Å²) in [5.41, 5.74) is 0.985. The minimum atomic E-state index is -4.16. The number of sulfonamides is 1. The summed E-state index contributed by atoms with van der Waals surface area (Å²) in [7, 11) is -4.16. The number of amides is 1. The van der Waals surface area contributed by atoms with Crippen LogP contribution in [0.2, 0.25) is 0 Å². The normalized spacial score (nSPS) is 16.7. The highest BCUT2D eigenvalue weighted by Gasteiger charge is 2.34. The van der Waals surface area contributed by atoms with E-state index in [1.165, 1.54) is 0 Å². The average molecular weight is 459 g/mol. The van der Waals surface area contributed by atoms with Crippen LogP contribution in [0.4, 0.5) is 8.78 Å². The van der Waals surface area contributed by atoms with E-state index in [4.69, 9.17) is 0 Å². The molecule has 1 saturated heterocycles. The van der Waals surface area contributed by atoms with Crippen molar-refractivity contribution >= 4 is 26.7 Å². The Hall–Kier alpha value is -2.84. The SMILES string of the molecule is C[C@H](NC(=O)C1CCN(S(=O)(=O)c2cc(F)ccc2F)CC1)c1ccc2ccccc2c1. The molecule has 0 aromatic heterocycles. The van der Waals surface area contributed by atoms with Gasteiger partial charge in [-0.3, -0.25) is 4.79 Å². The number of hydrogen-bond acceptors (Lipinski definition) is 3. The molecule has 1 atom stereocenters. The van der Waals surface area contributed by atoms with Gasteiger partial charge in [0.1, 0.15) is 16.5 Å². The summed E-state index contributed by atoms with van der Waals surface area (Å²) in [6, 6.07) is 16.2.